The van der Waals surface area contributed by atoms with Gasteiger partial charge in [0.25, 0.3) is 0 Å². The number of rotatable bonds is 10. The first kappa shape index (κ1) is 25.3. The lowest BCUT2D eigenvalue weighted by Gasteiger charge is -2.24. The molecular formula is C24H30FN3O3S2. The van der Waals surface area contributed by atoms with Crippen LogP contribution in [0.25, 0.3) is 10.2 Å². The topological polar surface area (TPSA) is 70.6 Å². The van der Waals surface area contributed by atoms with Gasteiger partial charge in [0.05, 0.1) is 20.9 Å². The van der Waals surface area contributed by atoms with Crippen molar-refractivity contribution < 1.29 is 17.6 Å². The van der Waals surface area contributed by atoms with E-state index >= 15 is 0 Å². The fourth-order valence-electron chi connectivity index (χ4n) is 3.51. The Bertz CT molecular complexity index is 1180. The lowest BCUT2D eigenvalue weighted by atomic mass is 10.1. The molecule has 0 aliphatic rings. The molecule has 3 rings (SSSR count). The Hall–Kier alpha value is -2.36. The Morgan fingerprint density at radius 1 is 1.03 bits per heavy atom. The van der Waals surface area contributed by atoms with Crippen LogP contribution in [0.4, 0.5) is 9.52 Å². The molecule has 0 N–H and O–H groups in total. The van der Waals surface area contributed by atoms with Crippen LogP contribution < -0.4 is 4.90 Å². The standard InChI is InChI=1S/C24H30FN3O3S2/c1-5-27(6-2)12-13-28(24-26-21-15-17(3)18(4)16-22(21)32-24)23(29)11-14-33(30,31)20-9-7-19(25)8-10-20/h7-10,15-16H,5-6,11-14H2,1-4H3. The molecule has 0 fully saturated rings. The SMILES string of the molecule is CCN(CC)CCN(C(=O)CCS(=O)(=O)c1ccc(F)cc1)c1nc2cc(C)c(C)cc2s1. The summed E-state index contributed by atoms with van der Waals surface area (Å²) in [5.41, 5.74) is 3.12. The van der Waals surface area contributed by atoms with E-state index in [0.29, 0.717) is 18.2 Å². The molecule has 6 nitrogen and oxygen atoms in total. The number of amides is 1. The fourth-order valence-corrected chi connectivity index (χ4v) is 5.83. The maximum Gasteiger partial charge on any atom is 0.229 e. The minimum Gasteiger partial charge on any atom is -0.302 e. The first-order valence-corrected chi connectivity index (χ1v) is 13.5. The molecule has 0 atom stereocenters. The second-order valence-electron chi connectivity index (χ2n) is 8.00. The number of aromatic nitrogens is 1. The second-order valence-corrected chi connectivity index (χ2v) is 11.1. The number of fused-ring (bicyclic) bond motifs is 1. The lowest BCUT2D eigenvalue weighted by molar-refractivity contribution is -0.118. The number of halogens is 1. The zero-order chi connectivity index (χ0) is 24.2. The van der Waals surface area contributed by atoms with Crippen molar-refractivity contribution in [1.29, 1.82) is 0 Å². The quantitative estimate of drug-likeness (QED) is 0.388. The summed E-state index contributed by atoms with van der Waals surface area (Å²) in [5, 5.41) is 0.575. The summed E-state index contributed by atoms with van der Waals surface area (Å²) in [6.45, 7) is 11.0. The minimum atomic E-state index is -3.71. The number of carbonyl (C=O) groups is 1. The summed E-state index contributed by atoms with van der Waals surface area (Å²) >= 11 is 1.44. The number of anilines is 1. The third kappa shape index (κ3) is 6.16. The Morgan fingerprint density at radius 3 is 2.30 bits per heavy atom. The number of nitrogens with zero attached hydrogens (tertiary/aromatic N) is 3. The van der Waals surface area contributed by atoms with E-state index in [1.807, 2.05) is 19.9 Å². The van der Waals surface area contributed by atoms with E-state index in [4.69, 9.17) is 4.98 Å². The van der Waals surface area contributed by atoms with Crippen LogP contribution in [-0.2, 0) is 14.6 Å². The highest BCUT2D eigenvalue weighted by Crippen LogP contribution is 2.31. The van der Waals surface area contributed by atoms with Gasteiger partial charge >= 0.3 is 0 Å². The second kappa shape index (κ2) is 10.7. The van der Waals surface area contributed by atoms with Gasteiger partial charge in [0.15, 0.2) is 15.0 Å². The van der Waals surface area contributed by atoms with Crippen LogP contribution >= 0.6 is 11.3 Å². The van der Waals surface area contributed by atoms with Gasteiger partial charge in [-0.1, -0.05) is 25.2 Å². The number of aryl methyl sites for hydroxylation is 2. The number of likely N-dealkylation sites (N-methyl/N-ethyl adjacent to an activating group) is 1. The van der Waals surface area contributed by atoms with E-state index < -0.39 is 15.7 Å². The zero-order valence-electron chi connectivity index (χ0n) is 19.5. The third-order valence-electron chi connectivity index (χ3n) is 5.82. The average Bonchev–Trinajstić information content (AvgIpc) is 3.18. The lowest BCUT2D eigenvalue weighted by Crippen LogP contribution is -2.39. The number of hydrogen-bond acceptors (Lipinski definition) is 6. The molecule has 0 aliphatic heterocycles. The van der Waals surface area contributed by atoms with Gasteiger partial charge < -0.3 is 4.90 Å². The molecule has 0 saturated heterocycles. The van der Waals surface area contributed by atoms with Crippen molar-refractivity contribution in [3.05, 3.63) is 53.3 Å². The van der Waals surface area contributed by atoms with Gasteiger partial charge in [0.2, 0.25) is 5.91 Å². The summed E-state index contributed by atoms with van der Waals surface area (Å²) in [6, 6.07) is 8.75. The van der Waals surface area contributed by atoms with Crippen LogP contribution in [0.1, 0.15) is 31.4 Å². The molecule has 9 heteroatoms. The van der Waals surface area contributed by atoms with Crippen molar-refractivity contribution in [2.24, 2.45) is 0 Å². The Balaban J connectivity index is 1.84. The zero-order valence-corrected chi connectivity index (χ0v) is 21.1. The first-order valence-electron chi connectivity index (χ1n) is 11.0. The Labute approximate surface area is 199 Å². The van der Waals surface area contributed by atoms with Gasteiger partial charge in [0, 0.05) is 19.5 Å². The molecule has 0 unspecified atom stereocenters. The van der Waals surface area contributed by atoms with Gasteiger partial charge in [-0.2, -0.15) is 0 Å². The summed E-state index contributed by atoms with van der Waals surface area (Å²) < 4.78 is 39.5. The van der Waals surface area contributed by atoms with E-state index in [0.717, 1.165) is 46.6 Å². The van der Waals surface area contributed by atoms with Crippen LogP contribution in [0.15, 0.2) is 41.3 Å². The summed E-state index contributed by atoms with van der Waals surface area (Å²) in [7, 11) is -3.71. The molecule has 3 aromatic rings. The highest BCUT2D eigenvalue weighted by molar-refractivity contribution is 7.91. The van der Waals surface area contributed by atoms with Crippen molar-refractivity contribution in [1.82, 2.24) is 9.88 Å². The number of hydrogen-bond donors (Lipinski definition) is 0. The van der Waals surface area contributed by atoms with Crippen molar-refractivity contribution in [2.45, 2.75) is 39.0 Å². The van der Waals surface area contributed by atoms with Crippen molar-refractivity contribution in [3.8, 4) is 0 Å². The number of sulfone groups is 1. The van der Waals surface area contributed by atoms with Crippen LogP contribution in [0, 0.1) is 19.7 Å². The Morgan fingerprint density at radius 2 is 1.67 bits per heavy atom. The largest absolute Gasteiger partial charge is 0.302 e. The number of carbonyl (C=O) groups excluding carboxylic acids is 1. The molecule has 1 amide bonds. The van der Waals surface area contributed by atoms with Crippen molar-refractivity contribution in [2.75, 3.05) is 36.8 Å². The van der Waals surface area contributed by atoms with Crippen LogP contribution in [0.5, 0.6) is 0 Å². The summed E-state index contributed by atoms with van der Waals surface area (Å²) in [4.78, 5) is 21.7. The highest BCUT2D eigenvalue weighted by atomic mass is 32.2. The van der Waals surface area contributed by atoms with E-state index in [-0.39, 0.29) is 23.0 Å². The maximum absolute atomic E-state index is 13.2. The smallest absolute Gasteiger partial charge is 0.229 e. The molecular weight excluding hydrogens is 461 g/mol. The minimum absolute atomic E-state index is 0.0114. The molecule has 0 bridgehead atoms. The van der Waals surface area contributed by atoms with Gasteiger partial charge in [-0.25, -0.2) is 17.8 Å². The normalized spacial score (nSPS) is 11.9. The highest BCUT2D eigenvalue weighted by Gasteiger charge is 2.24. The van der Waals surface area contributed by atoms with Crippen molar-refractivity contribution >= 4 is 42.4 Å². The van der Waals surface area contributed by atoms with E-state index in [2.05, 4.69) is 24.8 Å². The predicted octanol–water partition coefficient (Wildman–Crippen LogP) is 4.59. The third-order valence-corrected chi connectivity index (χ3v) is 8.59. The number of benzene rings is 2. The van der Waals surface area contributed by atoms with Gasteiger partial charge in [-0.05, 0) is 74.5 Å². The fraction of sp³-hybridized carbons (Fsp3) is 0.417. The molecule has 0 aliphatic carbocycles. The van der Waals surface area contributed by atoms with Crippen LogP contribution in [0.2, 0.25) is 0 Å². The molecule has 0 saturated carbocycles. The molecule has 1 heterocycles. The predicted molar refractivity (Wildman–Crippen MR) is 132 cm³/mol. The number of thiazole rings is 1. The van der Waals surface area contributed by atoms with Crippen molar-refractivity contribution in [3.63, 3.8) is 0 Å². The Kier molecular flexibility index (Phi) is 8.20. The monoisotopic (exact) mass is 491 g/mol. The average molecular weight is 492 g/mol. The molecule has 178 valence electrons. The van der Waals surface area contributed by atoms with E-state index in [9.17, 15) is 17.6 Å². The van der Waals surface area contributed by atoms with Crippen LogP contribution in [0.3, 0.4) is 0 Å². The summed E-state index contributed by atoms with van der Waals surface area (Å²) in [6.07, 6.45) is -0.175. The molecule has 1 aromatic heterocycles. The van der Waals surface area contributed by atoms with Crippen LogP contribution in [-0.4, -0.2) is 56.1 Å². The van der Waals surface area contributed by atoms with E-state index in [1.54, 1.807) is 4.90 Å². The van der Waals surface area contributed by atoms with Gasteiger partial charge in [-0.3, -0.25) is 9.69 Å². The first-order chi connectivity index (χ1) is 15.6. The molecule has 0 spiro atoms. The molecule has 33 heavy (non-hydrogen) atoms. The summed E-state index contributed by atoms with van der Waals surface area (Å²) in [5.74, 6) is -1.14. The maximum atomic E-state index is 13.2. The molecule has 0 radical (unpaired) electrons. The van der Waals surface area contributed by atoms with Gasteiger partial charge in [-0.15, -0.1) is 0 Å². The van der Waals surface area contributed by atoms with Gasteiger partial charge in [0.1, 0.15) is 5.82 Å². The van der Waals surface area contributed by atoms with E-state index in [1.165, 1.54) is 23.5 Å². The molecule has 2 aromatic carbocycles.